The third kappa shape index (κ3) is 4.64. The Balaban J connectivity index is 0.00000420. The summed E-state index contributed by atoms with van der Waals surface area (Å²) in [4.78, 5) is 10.4. The number of hydrogen-bond donors (Lipinski definition) is 0. The monoisotopic (exact) mass is 912 g/mol. The molecule has 56 heavy (non-hydrogen) atoms. The number of pyridine rings is 2. The minimum atomic E-state index is -2.34. The molecule has 0 bridgehead atoms. The first-order valence-corrected chi connectivity index (χ1v) is 19.2. The molecule has 0 spiro atoms. The smallest absolute Gasteiger partial charge is 0.503 e. The third-order valence-corrected chi connectivity index (χ3v) is 13.1. The molecule has 0 fully saturated rings. The molecule has 0 radical (unpaired) electrons. The summed E-state index contributed by atoms with van der Waals surface area (Å²) >= 11 is 0. The molecule has 2 aliphatic rings. The first kappa shape index (κ1) is 31.9. The summed E-state index contributed by atoms with van der Waals surface area (Å²) in [5.41, 5.74) is 10.1. The molecule has 6 heteroatoms. The Morgan fingerprint density at radius 3 is 2.43 bits per heavy atom. The second-order valence-corrected chi connectivity index (χ2v) is 17.3. The van der Waals surface area contributed by atoms with Gasteiger partial charge in [0.2, 0.25) is 0 Å². The predicted octanol–water partition coefficient (Wildman–Crippen LogP) is 12.3. The van der Waals surface area contributed by atoms with Gasteiger partial charge in [0.1, 0.15) is 5.82 Å². The van der Waals surface area contributed by atoms with E-state index in [9.17, 15) is 0 Å². The van der Waals surface area contributed by atoms with E-state index in [0.29, 0.717) is 17.1 Å². The zero-order chi connectivity index (χ0) is 40.1. The standard InChI is InChI=1S/C50H42N4O.Pt/c1-29-16-21-39-45-43(29)37-20-18-32(27-38(37)47-52-44-34-13-9-8-12-30(34)22-24-50(7,49(39,5)6)46(44)54(45)47)55-33-17-19-36-35-14-10-11-15-40(35)53(41(36)28-33)42-26-31(23-25-51-42)48(2,3)4;/h8-21,23,25-26H,22,24H2,1-7H3;/q-2;+2/i1D3;. The summed E-state index contributed by atoms with van der Waals surface area (Å²) in [5.74, 6) is 1.84. The van der Waals surface area contributed by atoms with Crippen molar-refractivity contribution < 1.29 is 29.9 Å². The second-order valence-electron chi connectivity index (χ2n) is 17.3. The molecule has 4 aromatic heterocycles. The van der Waals surface area contributed by atoms with Crippen LogP contribution < -0.4 is 4.74 Å². The average Bonchev–Trinajstić information content (AvgIpc) is 3.72. The third-order valence-electron chi connectivity index (χ3n) is 13.1. The van der Waals surface area contributed by atoms with Crippen LogP contribution in [0, 0.1) is 19.0 Å². The molecule has 0 saturated heterocycles. The van der Waals surface area contributed by atoms with E-state index in [0.717, 1.165) is 90.3 Å². The molecule has 1 atom stereocenters. The molecule has 278 valence electrons. The molecule has 5 aromatic carbocycles. The summed E-state index contributed by atoms with van der Waals surface area (Å²) in [7, 11) is 0. The van der Waals surface area contributed by atoms with Crippen LogP contribution >= 0.6 is 0 Å². The minimum absolute atomic E-state index is 0. The molecule has 11 rings (SSSR count). The molecule has 5 heterocycles. The van der Waals surface area contributed by atoms with Gasteiger partial charge in [-0.1, -0.05) is 124 Å². The van der Waals surface area contributed by atoms with Gasteiger partial charge >= 0.3 is 21.1 Å². The van der Waals surface area contributed by atoms with Crippen molar-refractivity contribution in [3.63, 3.8) is 0 Å². The van der Waals surface area contributed by atoms with Crippen molar-refractivity contribution >= 4 is 49.1 Å². The van der Waals surface area contributed by atoms with Crippen molar-refractivity contribution in [2.75, 3.05) is 0 Å². The van der Waals surface area contributed by atoms with Crippen LogP contribution in [0.2, 0.25) is 0 Å². The number of imidazole rings is 1. The number of rotatable bonds is 3. The van der Waals surface area contributed by atoms with Crippen LogP contribution in [-0.2, 0) is 43.7 Å². The van der Waals surface area contributed by atoms with E-state index in [-0.39, 0.29) is 37.3 Å². The maximum absolute atomic E-state index is 8.72. The summed E-state index contributed by atoms with van der Waals surface area (Å²) < 4.78 is 37.3. The van der Waals surface area contributed by atoms with Crippen LogP contribution in [0.25, 0.3) is 66.2 Å². The van der Waals surface area contributed by atoms with Crippen LogP contribution in [0.4, 0.5) is 0 Å². The first-order valence-electron chi connectivity index (χ1n) is 20.7. The maximum Gasteiger partial charge on any atom is 2.00 e. The Morgan fingerprint density at radius 1 is 0.839 bits per heavy atom. The van der Waals surface area contributed by atoms with E-state index in [1.165, 1.54) is 11.1 Å². The van der Waals surface area contributed by atoms with E-state index in [1.54, 1.807) is 0 Å². The number of aromatic nitrogens is 4. The summed E-state index contributed by atoms with van der Waals surface area (Å²) in [6.07, 6.45) is 3.73. The normalized spacial score (nSPS) is 18.1. The fourth-order valence-electron chi connectivity index (χ4n) is 9.70. The van der Waals surface area contributed by atoms with Crippen LogP contribution in [0.1, 0.15) is 80.0 Å². The zero-order valence-corrected chi connectivity index (χ0v) is 34.5. The minimum Gasteiger partial charge on any atom is -0.503 e. The number of ether oxygens (including phenoxy) is 1. The second kappa shape index (κ2) is 11.9. The molecular formula is C50H42N4OPt. The number of aryl methyl sites for hydroxylation is 2. The number of benzene rings is 5. The Bertz CT molecular complexity index is 3240. The topological polar surface area (TPSA) is 44.3 Å². The number of hydrogen-bond acceptors (Lipinski definition) is 3. The molecule has 1 unspecified atom stereocenters. The van der Waals surface area contributed by atoms with Gasteiger partial charge in [-0.05, 0) is 70.8 Å². The van der Waals surface area contributed by atoms with E-state index < -0.39 is 6.85 Å². The van der Waals surface area contributed by atoms with Gasteiger partial charge in [-0.3, -0.25) is 4.98 Å². The van der Waals surface area contributed by atoms with Crippen molar-refractivity contribution in [3.8, 4) is 28.6 Å². The van der Waals surface area contributed by atoms with Gasteiger partial charge in [0.25, 0.3) is 0 Å². The molecule has 1 aliphatic carbocycles. The van der Waals surface area contributed by atoms with Gasteiger partial charge in [0.15, 0.2) is 0 Å². The van der Waals surface area contributed by atoms with Gasteiger partial charge in [-0.15, -0.1) is 29.7 Å². The predicted molar refractivity (Wildman–Crippen MR) is 224 cm³/mol. The molecule has 0 saturated carbocycles. The Labute approximate surface area is 345 Å². The molecule has 5 nitrogen and oxygen atoms in total. The van der Waals surface area contributed by atoms with E-state index in [1.807, 2.05) is 36.5 Å². The number of para-hydroxylation sites is 1. The number of nitrogens with zero attached hydrogens (tertiary/aromatic N) is 4. The average molecular weight is 913 g/mol. The summed E-state index contributed by atoms with van der Waals surface area (Å²) in [6, 6.07) is 40.2. The Hall–Kier alpha value is -5.25. The first-order chi connectivity index (χ1) is 27.6. The fraction of sp³-hybridized carbons (Fsp3) is 0.240. The molecule has 0 amide bonds. The van der Waals surface area contributed by atoms with Gasteiger partial charge < -0.3 is 13.7 Å². The van der Waals surface area contributed by atoms with Crippen molar-refractivity contribution in [1.82, 2.24) is 18.9 Å². The van der Waals surface area contributed by atoms with Gasteiger partial charge in [0, 0.05) is 54.9 Å². The van der Waals surface area contributed by atoms with E-state index in [2.05, 4.69) is 129 Å². The van der Waals surface area contributed by atoms with Gasteiger partial charge in [0.05, 0.1) is 11.3 Å². The fourth-order valence-corrected chi connectivity index (χ4v) is 9.70. The summed E-state index contributed by atoms with van der Waals surface area (Å²) in [5, 5.41) is 4.39. The van der Waals surface area contributed by atoms with Crippen LogP contribution in [0.15, 0.2) is 103 Å². The van der Waals surface area contributed by atoms with Crippen molar-refractivity contribution in [2.24, 2.45) is 0 Å². The largest absolute Gasteiger partial charge is 2.00 e. The van der Waals surface area contributed by atoms with Gasteiger partial charge in [-0.25, -0.2) is 4.98 Å². The SMILES string of the molecule is [2H]C([2H])([2H])c1ccc2c3c1c1ccc(Oc4[c-]c5c(cc4)c4ccccc4n5-c4cc(C(C)(C)C)ccn4)[c-]c1c1nc4c(n13)C(C)(CCc1ccccc1-4)C2(C)C.[Pt+2]. The van der Waals surface area contributed by atoms with Crippen molar-refractivity contribution in [2.45, 2.75) is 77.5 Å². The molecule has 1 aliphatic heterocycles. The van der Waals surface area contributed by atoms with E-state index >= 15 is 0 Å². The quantitative estimate of drug-likeness (QED) is 0.131. The van der Waals surface area contributed by atoms with E-state index in [4.69, 9.17) is 18.8 Å². The van der Waals surface area contributed by atoms with Crippen LogP contribution in [0.3, 0.4) is 0 Å². The Kier molecular flexibility index (Phi) is 6.77. The van der Waals surface area contributed by atoms with Crippen molar-refractivity contribution in [3.05, 3.63) is 143 Å². The maximum atomic E-state index is 8.72. The van der Waals surface area contributed by atoms with Crippen molar-refractivity contribution in [1.29, 1.82) is 0 Å². The van der Waals surface area contributed by atoms with Crippen LogP contribution in [0.5, 0.6) is 11.5 Å². The number of fused-ring (bicyclic) bond motifs is 8. The van der Waals surface area contributed by atoms with Gasteiger partial charge in [-0.2, -0.15) is 6.07 Å². The molecular weight excluding hydrogens is 868 g/mol. The molecule has 0 N–H and O–H groups in total. The zero-order valence-electron chi connectivity index (χ0n) is 35.2. The Morgan fingerprint density at radius 2 is 1.61 bits per heavy atom. The van der Waals surface area contributed by atoms with Crippen LogP contribution in [-0.4, -0.2) is 18.9 Å². The summed E-state index contributed by atoms with van der Waals surface area (Å²) in [6.45, 7) is 11.3. The molecule has 9 aromatic rings.